The Kier molecular flexibility index (Phi) is 6.63. The molecule has 0 saturated carbocycles. The third-order valence-electron chi connectivity index (χ3n) is 2.51. The molecule has 0 fully saturated rings. The molecule has 2 N–H and O–H groups in total. The first kappa shape index (κ1) is 15.2. The number of aliphatic carboxylic acids is 1. The van der Waals surface area contributed by atoms with Crippen LogP contribution >= 0.6 is 0 Å². The summed E-state index contributed by atoms with van der Waals surface area (Å²) in [5.41, 5.74) is 0. The van der Waals surface area contributed by atoms with E-state index in [1.54, 1.807) is 6.07 Å². The Morgan fingerprint density at radius 1 is 1.42 bits per heavy atom. The van der Waals surface area contributed by atoms with E-state index in [0.29, 0.717) is 18.3 Å². The number of carbonyl (C=O) groups is 1. The summed E-state index contributed by atoms with van der Waals surface area (Å²) in [6, 6.07) is 1.57. The predicted octanol–water partition coefficient (Wildman–Crippen LogP) is 2.32. The number of carboxylic acid groups (broad SMARTS) is 1. The van der Waals surface area contributed by atoms with Crippen LogP contribution in [-0.2, 0) is 4.79 Å². The van der Waals surface area contributed by atoms with Crippen LogP contribution in [0.25, 0.3) is 0 Å². The minimum atomic E-state index is -0.817. The molecule has 0 aliphatic rings. The van der Waals surface area contributed by atoms with E-state index in [2.05, 4.69) is 15.3 Å². The molecule has 1 aromatic rings. The van der Waals surface area contributed by atoms with Gasteiger partial charge in [0.2, 0.25) is 5.88 Å². The lowest BCUT2D eigenvalue weighted by molar-refractivity contribution is -0.137. The van der Waals surface area contributed by atoms with E-state index in [0.717, 1.165) is 19.3 Å². The van der Waals surface area contributed by atoms with Crippen LogP contribution < -0.4 is 10.1 Å². The number of aromatic nitrogens is 2. The van der Waals surface area contributed by atoms with Crippen molar-refractivity contribution in [2.75, 3.05) is 11.9 Å². The molecule has 106 valence electrons. The summed E-state index contributed by atoms with van der Waals surface area (Å²) in [5.74, 6) is 0.285. The van der Waals surface area contributed by atoms with Gasteiger partial charge in [-0.05, 0) is 12.8 Å². The summed E-state index contributed by atoms with van der Waals surface area (Å²) in [6.45, 7) is 4.64. The van der Waals surface area contributed by atoms with E-state index in [-0.39, 0.29) is 12.5 Å². The maximum atomic E-state index is 10.8. The zero-order chi connectivity index (χ0) is 14.1. The van der Waals surface area contributed by atoms with Crippen molar-refractivity contribution in [2.45, 2.75) is 45.6 Å². The Hall–Kier alpha value is -1.85. The van der Waals surface area contributed by atoms with Crippen LogP contribution in [0.1, 0.15) is 39.5 Å². The van der Waals surface area contributed by atoms with Crippen LogP contribution in [-0.4, -0.2) is 33.7 Å². The van der Waals surface area contributed by atoms with Crippen molar-refractivity contribution in [1.29, 1.82) is 0 Å². The molecule has 0 bridgehead atoms. The van der Waals surface area contributed by atoms with Gasteiger partial charge in [-0.15, -0.1) is 0 Å². The molecular formula is C13H21N3O3. The molecule has 1 heterocycles. The van der Waals surface area contributed by atoms with Gasteiger partial charge in [0.1, 0.15) is 12.1 Å². The van der Waals surface area contributed by atoms with Gasteiger partial charge < -0.3 is 15.2 Å². The Balaban J connectivity index is 2.64. The van der Waals surface area contributed by atoms with E-state index in [1.165, 1.54) is 6.33 Å². The fourth-order valence-electron chi connectivity index (χ4n) is 1.70. The van der Waals surface area contributed by atoms with Crippen LogP contribution in [0.15, 0.2) is 12.4 Å². The maximum Gasteiger partial charge on any atom is 0.305 e. The van der Waals surface area contributed by atoms with Gasteiger partial charge in [0, 0.05) is 12.1 Å². The highest BCUT2D eigenvalue weighted by atomic mass is 16.5. The first-order chi connectivity index (χ1) is 9.15. The number of ether oxygens (including phenoxy) is 1. The van der Waals surface area contributed by atoms with Crippen LogP contribution in [0, 0.1) is 0 Å². The average molecular weight is 267 g/mol. The number of nitrogens with zero attached hydrogens (tertiary/aromatic N) is 2. The highest BCUT2D eigenvalue weighted by Gasteiger charge is 2.13. The Labute approximate surface area is 113 Å². The zero-order valence-corrected chi connectivity index (χ0v) is 11.4. The van der Waals surface area contributed by atoms with E-state index in [4.69, 9.17) is 9.84 Å². The second-order valence-electron chi connectivity index (χ2n) is 4.32. The van der Waals surface area contributed by atoms with Gasteiger partial charge in [-0.3, -0.25) is 4.79 Å². The van der Waals surface area contributed by atoms with Gasteiger partial charge in [-0.2, -0.15) is 0 Å². The number of anilines is 1. The van der Waals surface area contributed by atoms with E-state index in [1.807, 2.05) is 13.8 Å². The average Bonchev–Trinajstić information content (AvgIpc) is 2.36. The van der Waals surface area contributed by atoms with Crippen molar-refractivity contribution in [3.63, 3.8) is 0 Å². The largest absolute Gasteiger partial charge is 0.481 e. The second-order valence-corrected chi connectivity index (χ2v) is 4.32. The van der Waals surface area contributed by atoms with Gasteiger partial charge >= 0.3 is 5.97 Å². The summed E-state index contributed by atoms with van der Waals surface area (Å²) in [4.78, 5) is 18.9. The Morgan fingerprint density at radius 2 is 2.21 bits per heavy atom. The molecular weight excluding hydrogens is 246 g/mol. The third kappa shape index (κ3) is 6.03. The number of hydrogen-bond acceptors (Lipinski definition) is 5. The smallest absolute Gasteiger partial charge is 0.305 e. The molecule has 0 aromatic carbocycles. The van der Waals surface area contributed by atoms with Crippen molar-refractivity contribution in [3.05, 3.63) is 12.4 Å². The standard InChI is InChI=1S/C13H21N3O3/c1-3-5-10(7-13(17)18)16-11-8-12(15-9-14-11)19-6-4-2/h8-10H,3-7H2,1-2H3,(H,17,18)(H,14,15,16). The number of hydrogen-bond donors (Lipinski definition) is 2. The normalized spacial score (nSPS) is 11.9. The molecule has 0 aliphatic carbocycles. The molecule has 1 unspecified atom stereocenters. The van der Waals surface area contributed by atoms with Crippen molar-refractivity contribution in [1.82, 2.24) is 9.97 Å². The monoisotopic (exact) mass is 267 g/mol. The predicted molar refractivity (Wildman–Crippen MR) is 72.4 cm³/mol. The molecule has 1 rings (SSSR count). The van der Waals surface area contributed by atoms with Crippen LogP contribution in [0.4, 0.5) is 5.82 Å². The first-order valence-electron chi connectivity index (χ1n) is 6.58. The minimum absolute atomic E-state index is 0.0724. The highest BCUT2D eigenvalue weighted by molar-refractivity contribution is 5.68. The number of nitrogens with one attached hydrogen (secondary N) is 1. The fourth-order valence-corrected chi connectivity index (χ4v) is 1.70. The second kappa shape index (κ2) is 8.29. The first-order valence-corrected chi connectivity index (χ1v) is 6.58. The van der Waals surface area contributed by atoms with Crippen molar-refractivity contribution < 1.29 is 14.6 Å². The number of carboxylic acids is 1. The molecule has 0 amide bonds. The van der Waals surface area contributed by atoms with Crippen LogP contribution in [0.3, 0.4) is 0 Å². The number of rotatable bonds is 9. The summed E-state index contributed by atoms with van der Waals surface area (Å²) in [6.07, 6.45) is 4.08. The summed E-state index contributed by atoms with van der Waals surface area (Å²) >= 11 is 0. The molecule has 0 radical (unpaired) electrons. The SMILES string of the molecule is CCCOc1cc(NC(CCC)CC(=O)O)ncn1. The molecule has 0 aliphatic heterocycles. The molecule has 0 saturated heterocycles. The van der Waals surface area contributed by atoms with Gasteiger partial charge in [0.25, 0.3) is 0 Å². The third-order valence-corrected chi connectivity index (χ3v) is 2.51. The van der Waals surface area contributed by atoms with Crippen molar-refractivity contribution in [2.24, 2.45) is 0 Å². The quantitative estimate of drug-likeness (QED) is 0.714. The van der Waals surface area contributed by atoms with Gasteiger partial charge in [-0.25, -0.2) is 9.97 Å². The van der Waals surface area contributed by atoms with E-state index >= 15 is 0 Å². The molecule has 0 spiro atoms. The molecule has 1 aromatic heterocycles. The fraction of sp³-hybridized carbons (Fsp3) is 0.615. The lowest BCUT2D eigenvalue weighted by atomic mass is 10.1. The topological polar surface area (TPSA) is 84.3 Å². The molecule has 6 heteroatoms. The zero-order valence-electron chi connectivity index (χ0n) is 11.4. The van der Waals surface area contributed by atoms with E-state index in [9.17, 15) is 4.79 Å². The Morgan fingerprint density at radius 3 is 2.84 bits per heavy atom. The Bertz CT molecular complexity index is 398. The molecule has 1 atom stereocenters. The van der Waals surface area contributed by atoms with Crippen molar-refractivity contribution in [3.8, 4) is 5.88 Å². The minimum Gasteiger partial charge on any atom is -0.481 e. The lowest BCUT2D eigenvalue weighted by Gasteiger charge is -2.16. The van der Waals surface area contributed by atoms with Gasteiger partial charge in [0.05, 0.1) is 13.0 Å². The van der Waals surface area contributed by atoms with Crippen LogP contribution in [0.2, 0.25) is 0 Å². The summed E-state index contributed by atoms with van der Waals surface area (Å²) < 4.78 is 5.41. The highest BCUT2D eigenvalue weighted by Crippen LogP contribution is 2.15. The maximum absolute atomic E-state index is 10.8. The molecule has 19 heavy (non-hydrogen) atoms. The van der Waals surface area contributed by atoms with Crippen molar-refractivity contribution >= 4 is 11.8 Å². The van der Waals surface area contributed by atoms with Gasteiger partial charge in [0.15, 0.2) is 0 Å². The summed E-state index contributed by atoms with van der Waals surface area (Å²) in [7, 11) is 0. The molecule has 6 nitrogen and oxygen atoms in total. The van der Waals surface area contributed by atoms with Gasteiger partial charge in [-0.1, -0.05) is 20.3 Å². The summed E-state index contributed by atoms with van der Waals surface area (Å²) in [5, 5.41) is 12.0. The van der Waals surface area contributed by atoms with E-state index < -0.39 is 5.97 Å². The van der Waals surface area contributed by atoms with Crippen LogP contribution in [0.5, 0.6) is 5.88 Å². The lowest BCUT2D eigenvalue weighted by Crippen LogP contribution is -2.23.